The van der Waals surface area contributed by atoms with E-state index in [4.69, 9.17) is 5.11 Å². The predicted molar refractivity (Wildman–Crippen MR) is 114 cm³/mol. The largest absolute Gasteiger partial charge is 0.478 e. The van der Waals surface area contributed by atoms with E-state index in [0.29, 0.717) is 5.56 Å². The van der Waals surface area contributed by atoms with E-state index in [2.05, 4.69) is 31.2 Å². The SMILES string of the molecule is CCCCCCCCCCCCc1ccc(-c2ccc(C(=O)O)cc2)cc1. The number of hydrogen-bond acceptors (Lipinski definition) is 1. The fourth-order valence-corrected chi connectivity index (χ4v) is 3.49. The normalized spacial score (nSPS) is 10.9. The molecule has 0 fully saturated rings. The molecule has 0 aliphatic rings. The number of aromatic carboxylic acids is 1. The van der Waals surface area contributed by atoms with Gasteiger partial charge in [-0.2, -0.15) is 0 Å². The molecule has 2 rings (SSSR count). The second-order valence-electron chi connectivity index (χ2n) is 7.51. The molecule has 0 bridgehead atoms. The first kappa shape index (κ1) is 21.2. The molecule has 0 radical (unpaired) electrons. The highest BCUT2D eigenvalue weighted by Gasteiger charge is 2.03. The molecule has 2 aromatic rings. The molecule has 2 aromatic carbocycles. The van der Waals surface area contributed by atoms with Crippen molar-refractivity contribution in [3.63, 3.8) is 0 Å². The van der Waals surface area contributed by atoms with Crippen LogP contribution in [0.1, 0.15) is 87.1 Å². The summed E-state index contributed by atoms with van der Waals surface area (Å²) < 4.78 is 0. The number of carboxylic acids is 1. The summed E-state index contributed by atoms with van der Waals surface area (Å²) in [6.07, 6.45) is 14.9. The fraction of sp³-hybridized carbons (Fsp3) is 0.480. The molecule has 1 N–H and O–H groups in total. The maximum atomic E-state index is 10.9. The lowest BCUT2D eigenvalue weighted by Gasteiger charge is -2.06. The average molecular weight is 367 g/mol. The highest BCUT2D eigenvalue weighted by Crippen LogP contribution is 2.21. The molecule has 0 atom stereocenters. The van der Waals surface area contributed by atoms with Gasteiger partial charge in [0.2, 0.25) is 0 Å². The van der Waals surface area contributed by atoms with Crippen LogP contribution in [0.15, 0.2) is 48.5 Å². The van der Waals surface area contributed by atoms with E-state index in [1.807, 2.05) is 12.1 Å². The van der Waals surface area contributed by atoms with Crippen molar-refractivity contribution in [1.29, 1.82) is 0 Å². The summed E-state index contributed by atoms with van der Waals surface area (Å²) in [6, 6.07) is 15.8. The first-order valence-corrected chi connectivity index (χ1v) is 10.6. The van der Waals surface area contributed by atoms with Gasteiger partial charge in [0.1, 0.15) is 0 Å². The predicted octanol–water partition coefficient (Wildman–Crippen LogP) is 7.52. The molecule has 0 aliphatic heterocycles. The van der Waals surface area contributed by atoms with Crippen molar-refractivity contribution in [2.75, 3.05) is 0 Å². The summed E-state index contributed by atoms with van der Waals surface area (Å²) >= 11 is 0. The van der Waals surface area contributed by atoms with Gasteiger partial charge in [-0.15, -0.1) is 0 Å². The summed E-state index contributed by atoms with van der Waals surface area (Å²) in [4.78, 5) is 10.9. The highest BCUT2D eigenvalue weighted by molar-refractivity contribution is 5.88. The molecule has 0 heterocycles. The van der Waals surface area contributed by atoms with Crippen molar-refractivity contribution in [1.82, 2.24) is 0 Å². The van der Waals surface area contributed by atoms with E-state index in [1.165, 1.54) is 69.8 Å². The summed E-state index contributed by atoms with van der Waals surface area (Å²) in [5, 5.41) is 8.98. The average Bonchev–Trinajstić information content (AvgIpc) is 2.70. The van der Waals surface area contributed by atoms with Crippen LogP contribution in [-0.2, 0) is 6.42 Å². The summed E-state index contributed by atoms with van der Waals surface area (Å²) in [5.41, 5.74) is 3.92. The second kappa shape index (κ2) is 12.3. The molecule has 27 heavy (non-hydrogen) atoms. The van der Waals surface area contributed by atoms with Gasteiger partial charge >= 0.3 is 5.97 Å². The maximum Gasteiger partial charge on any atom is 0.335 e. The van der Waals surface area contributed by atoms with Crippen molar-refractivity contribution in [3.05, 3.63) is 59.7 Å². The van der Waals surface area contributed by atoms with E-state index in [-0.39, 0.29) is 0 Å². The number of carbonyl (C=O) groups is 1. The first-order chi connectivity index (χ1) is 13.2. The number of carboxylic acid groups (broad SMARTS) is 1. The molecule has 0 aliphatic carbocycles. The lowest BCUT2D eigenvalue weighted by molar-refractivity contribution is 0.0697. The van der Waals surface area contributed by atoms with Gasteiger partial charge in [-0.25, -0.2) is 4.79 Å². The van der Waals surface area contributed by atoms with Gasteiger partial charge in [0.25, 0.3) is 0 Å². The van der Waals surface area contributed by atoms with Crippen molar-refractivity contribution >= 4 is 5.97 Å². The minimum absolute atomic E-state index is 0.330. The molecule has 0 unspecified atom stereocenters. The number of hydrogen-bond donors (Lipinski definition) is 1. The van der Waals surface area contributed by atoms with Gasteiger partial charge in [0.15, 0.2) is 0 Å². The van der Waals surface area contributed by atoms with Gasteiger partial charge in [-0.1, -0.05) is 101 Å². The number of aryl methyl sites for hydroxylation is 1. The molecule has 2 nitrogen and oxygen atoms in total. The Balaban J connectivity index is 1.63. The van der Waals surface area contributed by atoms with Gasteiger partial charge in [-0.05, 0) is 41.7 Å². The van der Waals surface area contributed by atoms with E-state index in [9.17, 15) is 4.79 Å². The standard InChI is InChI=1S/C25H34O2/c1-2-3-4-5-6-7-8-9-10-11-12-21-13-15-22(16-14-21)23-17-19-24(20-18-23)25(26)27/h13-20H,2-12H2,1H3,(H,26,27). The molecule has 2 heteroatoms. The van der Waals surface area contributed by atoms with Gasteiger partial charge in [0.05, 0.1) is 5.56 Å². The third kappa shape index (κ3) is 7.99. The molecule has 0 saturated heterocycles. The van der Waals surface area contributed by atoms with E-state index in [1.54, 1.807) is 12.1 Å². The van der Waals surface area contributed by atoms with Crippen LogP contribution < -0.4 is 0 Å². The molecule has 146 valence electrons. The Labute approximate surface area is 164 Å². The lowest BCUT2D eigenvalue weighted by atomic mass is 10.00. The van der Waals surface area contributed by atoms with E-state index in [0.717, 1.165) is 17.5 Å². The third-order valence-corrected chi connectivity index (χ3v) is 5.24. The summed E-state index contributed by atoms with van der Waals surface area (Å²) in [7, 11) is 0. The maximum absolute atomic E-state index is 10.9. The van der Waals surface area contributed by atoms with Crippen molar-refractivity contribution in [3.8, 4) is 11.1 Å². The number of benzene rings is 2. The summed E-state index contributed by atoms with van der Waals surface area (Å²) in [5.74, 6) is -0.881. The molecular weight excluding hydrogens is 332 g/mol. The Hall–Kier alpha value is -2.09. The zero-order valence-electron chi connectivity index (χ0n) is 16.8. The number of unbranched alkanes of at least 4 members (excludes halogenated alkanes) is 9. The molecule has 0 saturated carbocycles. The minimum atomic E-state index is -0.881. The smallest absolute Gasteiger partial charge is 0.335 e. The van der Waals surface area contributed by atoms with Crippen LogP contribution in [0.25, 0.3) is 11.1 Å². The first-order valence-electron chi connectivity index (χ1n) is 10.6. The second-order valence-corrected chi connectivity index (χ2v) is 7.51. The fourth-order valence-electron chi connectivity index (χ4n) is 3.49. The van der Waals surface area contributed by atoms with Crippen LogP contribution in [0.5, 0.6) is 0 Å². The Bertz CT molecular complexity index is 656. The zero-order chi connectivity index (χ0) is 19.3. The Morgan fingerprint density at radius 2 is 1.11 bits per heavy atom. The van der Waals surface area contributed by atoms with E-state index >= 15 is 0 Å². The van der Waals surface area contributed by atoms with Crippen LogP contribution in [-0.4, -0.2) is 11.1 Å². The Morgan fingerprint density at radius 1 is 0.667 bits per heavy atom. The Kier molecular flexibility index (Phi) is 9.68. The molecule has 0 spiro atoms. The zero-order valence-corrected chi connectivity index (χ0v) is 16.8. The molecular formula is C25H34O2. The van der Waals surface area contributed by atoms with Crippen LogP contribution in [0, 0.1) is 0 Å². The van der Waals surface area contributed by atoms with Crippen LogP contribution in [0.2, 0.25) is 0 Å². The highest BCUT2D eigenvalue weighted by atomic mass is 16.4. The summed E-state index contributed by atoms with van der Waals surface area (Å²) in [6.45, 7) is 2.27. The monoisotopic (exact) mass is 366 g/mol. The Morgan fingerprint density at radius 3 is 1.59 bits per heavy atom. The minimum Gasteiger partial charge on any atom is -0.478 e. The lowest BCUT2D eigenvalue weighted by Crippen LogP contribution is -1.95. The van der Waals surface area contributed by atoms with Crippen LogP contribution in [0.4, 0.5) is 0 Å². The van der Waals surface area contributed by atoms with Crippen LogP contribution >= 0.6 is 0 Å². The van der Waals surface area contributed by atoms with Crippen molar-refractivity contribution < 1.29 is 9.90 Å². The van der Waals surface area contributed by atoms with Crippen LogP contribution in [0.3, 0.4) is 0 Å². The van der Waals surface area contributed by atoms with Gasteiger partial charge in [0, 0.05) is 0 Å². The van der Waals surface area contributed by atoms with E-state index < -0.39 is 5.97 Å². The third-order valence-electron chi connectivity index (χ3n) is 5.24. The van der Waals surface area contributed by atoms with Gasteiger partial charge < -0.3 is 5.11 Å². The molecule has 0 aromatic heterocycles. The van der Waals surface area contributed by atoms with Crippen molar-refractivity contribution in [2.45, 2.75) is 77.6 Å². The molecule has 0 amide bonds. The topological polar surface area (TPSA) is 37.3 Å². The quantitative estimate of drug-likeness (QED) is 0.372. The van der Waals surface area contributed by atoms with Gasteiger partial charge in [-0.3, -0.25) is 0 Å². The van der Waals surface area contributed by atoms with Crippen molar-refractivity contribution in [2.24, 2.45) is 0 Å². The number of rotatable bonds is 13.